The number of esters is 1. The van der Waals surface area contributed by atoms with Crippen LogP contribution in [0.3, 0.4) is 0 Å². The van der Waals surface area contributed by atoms with Gasteiger partial charge in [-0.25, -0.2) is 4.79 Å². The smallest absolute Gasteiger partial charge is 0.338 e. The molecule has 0 heterocycles. The molecule has 0 unspecified atom stereocenters. The quantitative estimate of drug-likeness (QED) is 0.270. The van der Waals surface area contributed by atoms with Crippen molar-refractivity contribution in [2.45, 2.75) is 6.61 Å². The van der Waals surface area contributed by atoms with E-state index in [4.69, 9.17) is 18.9 Å². The lowest BCUT2D eigenvalue weighted by Crippen LogP contribution is -2.21. The Labute approximate surface area is 195 Å². The molecule has 0 fully saturated rings. The molecule has 0 bridgehead atoms. The highest BCUT2D eigenvalue weighted by atomic mass is 16.6. The van der Waals surface area contributed by atoms with Crippen LogP contribution in [0.4, 0.5) is 11.4 Å². The van der Waals surface area contributed by atoms with Crippen LogP contribution in [0.25, 0.3) is 0 Å². The van der Waals surface area contributed by atoms with Gasteiger partial charge in [0.2, 0.25) is 0 Å². The Morgan fingerprint density at radius 1 is 0.941 bits per heavy atom. The van der Waals surface area contributed by atoms with Crippen molar-refractivity contribution in [3.05, 3.63) is 88.0 Å². The SMILES string of the molecule is COc1ccc(NC(=O)COC(=O)c2ccc(OCc3ccccc3)c(OC)c2)c([N+](=O)[O-])c1. The molecule has 3 aromatic rings. The summed E-state index contributed by atoms with van der Waals surface area (Å²) >= 11 is 0. The minimum Gasteiger partial charge on any atom is -0.496 e. The highest BCUT2D eigenvalue weighted by Gasteiger charge is 2.19. The molecule has 0 aliphatic rings. The van der Waals surface area contributed by atoms with Crippen LogP contribution >= 0.6 is 0 Å². The fourth-order valence-electron chi connectivity index (χ4n) is 2.95. The van der Waals surface area contributed by atoms with Gasteiger partial charge in [-0.1, -0.05) is 30.3 Å². The van der Waals surface area contributed by atoms with Crippen LogP contribution in [0, 0.1) is 10.1 Å². The van der Waals surface area contributed by atoms with Crippen LogP contribution in [0.2, 0.25) is 0 Å². The van der Waals surface area contributed by atoms with Gasteiger partial charge in [-0.2, -0.15) is 0 Å². The number of rotatable bonds is 10. The number of benzene rings is 3. The first-order valence-corrected chi connectivity index (χ1v) is 10.1. The second-order valence-electron chi connectivity index (χ2n) is 6.90. The van der Waals surface area contributed by atoms with Crippen molar-refractivity contribution < 1.29 is 33.5 Å². The van der Waals surface area contributed by atoms with Crippen molar-refractivity contribution in [3.63, 3.8) is 0 Å². The molecule has 1 amide bonds. The number of hydrogen-bond donors (Lipinski definition) is 1. The van der Waals surface area contributed by atoms with Gasteiger partial charge in [0.25, 0.3) is 11.6 Å². The van der Waals surface area contributed by atoms with Crippen LogP contribution in [-0.4, -0.2) is 37.6 Å². The van der Waals surface area contributed by atoms with Crippen molar-refractivity contribution in [3.8, 4) is 17.2 Å². The molecule has 0 radical (unpaired) electrons. The predicted molar refractivity (Wildman–Crippen MR) is 122 cm³/mol. The van der Waals surface area contributed by atoms with Crippen molar-refractivity contribution in [2.24, 2.45) is 0 Å². The predicted octanol–water partition coefficient (Wildman–Crippen LogP) is 3.99. The van der Waals surface area contributed by atoms with E-state index in [0.29, 0.717) is 18.1 Å². The van der Waals surface area contributed by atoms with Crippen molar-refractivity contribution in [1.82, 2.24) is 0 Å². The van der Waals surface area contributed by atoms with E-state index in [1.165, 1.54) is 44.6 Å². The van der Waals surface area contributed by atoms with Crippen molar-refractivity contribution in [2.75, 3.05) is 26.1 Å². The van der Waals surface area contributed by atoms with Gasteiger partial charge < -0.3 is 24.3 Å². The van der Waals surface area contributed by atoms with Crippen LogP contribution in [0.5, 0.6) is 17.2 Å². The summed E-state index contributed by atoms with van der Waals surface area (Å²) < 4.78 is 21.0. The first-order valence-electron chi connectivity index (χ1n) is 10.1. The normalized spacial score (nSPS) is 10.2. The molecule has 0 atom stereocenters. The highest BCUT2D eigenvalue weighted by molar-refractivity contribution is 5.97. The Balaban J connectivity index is 1.60. The first-order chi connectivity index (χ1) is 16.4. The van der Waals surface area contributed by atoms with Crippen LogP contribution in [-0.2, 0) is 16.1 Å². The average Bonchev–Trinajstić information content (AvgIpc) is 2.86. The lowest BCUT2D eigenvalue weighted by Gasteiger charge is -2.12. The summed E-state index contributed by atoms with van der Waals surface area (Å²) in [5, 5.41) is 13.6. The van der Waals surface area contributed by atoms with E-state index in [0.717, 1.165) is 5.56 Å². The number of nitro benzene ring substituents is 1. The molecule has 0 aromatic heterocycles. The number of methoxy groups -OCH3 is 2. The maximum atomic E-state index is 12.4. The standard InChI is InChI=1S/C24H22N2O8/c1-31-18-9-10-19(20(13-18)26(29)30)25-23(27)15-34-24(28)17-8-11-21(22(12-17)32-2)33-14-16-6-4-3-5-7-16/h3-13H,14-15H2,1-2H3,(H,25,27). The maximum Gasteiger partial charge on any atom is 0.338 e. The molecule has 0 spiro atoms. The number of amides is 1. The molecular formula is C24H22N2O8. The number of hydrogen-bond acceptors (Lipinski definition) is 8. The van der Waals surface area contributed by atoms with E-state index < -0.39 is 23.4 Å². The molecule has 0 saturated carbocycles. The van der Waals surface area contributed by atoms with Gasteiger partial charge >= 0.3 is 5.97 Å². The number of nitro groups is 1. The first kappa shape index (κ1) is 24.1. The van der Waals surface area contributed by atoms with Gasteiger partial charge in [0.05, 0.1) is 30.8 Å². The van der Waals surface area contributed by atoms with Gasteiger partial charge in [-0.05, 0) is 35.9 Å². The molecule has 34 heavy (non-hydrogen) atoms. The number of carbonyl (C=O) groups excluding carboxylic acids is 2. The van der Waals surface area contributed by atoms with Crippen LogP contribution in [0.15, 0.2) is 66.7 Å². The fourth-order valence-corrected chi connectivity index (χ4v) is 2.95. The summed E-state index contributed by atoms with van der Waals surface area (Å²) in [7, 11) is 2.81. The third-order valence-electron chi connectivity index (χ3n) is 4.65. The van der Waals surface area contributed by atoms with E-state index >= 15 is 0 Å². The summed E-state index contributed by atoms with van der Waals surface area (Å²) in [6.07, 6.45) is 0. The number of carbonyl (C=O) groups is 2. The topological polar surface area (TPSA) is 126 Å². The third kappa shape index (κ3) is 6.22. The Morgan fingerprint density at radius 3 is 2.38 bits per heavy atom. The van der Waals surface area contributed by atoms with E-state index in [1.54, 1.807) is 6.07 Å². The highest BCUT2D eigenvalue weighted by Crippen LogP contribution is 2.30. The Hall–Kier alpha value is -4.60. The van der Waals surface area contributed by atoms with Gasteiger partial charge in [-0.15, -0.1) is 0 Å². The molecule has 3 rings (SSSR count). The van der Waals surface area contributed by atoms with Gasteiger partial charge in [0, 0.05) is 0 Å². The van der Waals surface area contributed by atoms with E-state index in [2.05, 4.69) is 5.32 Å². The summed E-state index contributed by atoms with van der Waals surface area (Å²) in [4.78, 5) is 35.2. The zero-order valence-electron chi connectivity index (χ0n) is 18.5. The molecular weight excluding hydrogens is 444 g/mol. The molecule has 1 N–H and O–H groups in total. The average molecular weight is 466 g/mol. The Morgan fingerprint density at radius 2 is 1.71 bits per heavy atom. The molecule has 0 saturated heterocycles. The summed E-state index contributed by atoms with van der Waals surface area (Å²) in [6, 6.07) is 18.0. The summed E-state index contributed by atoms with van der Waals surface area (Å²) in [6.45, 7) is -0.324. The maximum absolute atomic E-state index is 12.4. The fraction of sp³-hybridized carbons (Fsp3) is 0.167. The van der Waals surface area contributed by atoms with Crippen LogP contribution < -0.4 is 19.5 Å². The number of ether oxygens (including phenoxy) is 4. The zero-order valence-corrected chi connectivity index (χ0v) is 18.5. The number of nitrogens with zero attached hydrogens (tertiary/aromatic N) is 1. The zero-order chi connectivity index (χ0) is 24.5. The largest absolute Gasteiger partial charge is 0.496 e. The lowest BCUT2D eigenvalue weighted by atomic mass is 10.2. The molecule has 10 nitrogen and oxygen atoms in total. The Kier molecular flexibility index (Phi) is 8.01. The molecule has 3 aromatic carbocycles. The van der Waals surface area contributed by atoms with Gasteiger partial charge in [0.15, 0.2) is 18.1 Å². The monoisotopic (exact) mass is 466 g/mol. The van der Waals surface area contributed by atoms with E-state index in [9.17, 15) is 19.7 Å². The number of nitrogens with one attached hydrogen (secondary N) is 1. The second-order valence-corrected chi connectivity index (χ2v) is 6.90. The van der Waals surface area contributed by atoms with E-state index in [-0.39, 0.29) is 22.7 Å². The van der Waals surface area contributed by atoms with Crippen molar-refractivity contribution >= 4 is 23.3 Å². The van der Waals surface area contributed by atoms with Gasteiger partial charge in [-0.3, -0.25) is 14.9 Å². The third-order valence-corrected chi connectivity index (χ3v) is 4.65. The minimum absolute atomic E-state index is 0.0477. The van der Waals surface area contributed by atoms with Crippen molar-refractivity contribution in [1.29, 1.82) is 0 Å². The van der Waals surface area contributed by atoms with Gasteiger partial charge in [0.1, 0.15) is 18.0 Å². The van der Waals surface area contributed by atoms with E-state index in [1.807, 2.05) is 30.3 Å². The Bertz CT molecular complexity index is 1180. The molecule has 10 heteroatoms. The molecule has 176 valence electrons. The summed E-state index contributed by atoms with van der Waals surface area (Å²) in [5.41, 5.74) is 0.714. The minimum atomic E-state index is -0.771. The molecule has 0 aliphatic carbocycles. The second kappa shape index (κ2) is 11.3. The molecule has 0 aliphatic heterocycles. The summed E-state index contributed by atoms with van der Waals surface area (Å²) in [5.74, 6) is -0.485. The van der Waals surface area contributed by atoms with Crippen LogP contribution in [0.1, 0.15) is 15.9 Å². The lowest BCUT2D eigenvalue weighted by molar-refractivity contribution is -0.384. The number of anilines is 1.